The molecule has 1 heterocycles. The van der Waals surface area contributed by atoms with Crippen LogP contribution in [0.4, 0.5) is 9.59 Å². The molecule has 1 saturated heterocycles. The quantitative estimate of drug-likeness (QED) is 0.302. The SMILES string of the molecule is C/C(CN1CCN(C)CCN(C/C(C)=N/NC(N)=O)CCN(C)CC1)=N\NC(N)=O. The molecule has 1 rings (SSSR count). The van der Waals surface area contributed by atoms with Crippen molar-refractivity contribution in [3.05, 3.63) is 0 Å². The van der Waals surface area contributed by atoms with E-state index in [1.54, 1.807) is 0 Å². The zero-order valence-corrected chi connectivity index (χ0v) is 18.7. The summed E-state index contributed by atoms with van der Waals surface area (Å²) in [4.78, 5) is 30.9. The second-order valence-corrected chi connectivity index (χ2v) is 7.81. The lowest BCUT2D eigenvalue weighted by atomic mass is 10.3. The van der Waals surface area contributed by atoms with Gasteiger partial charge in [0.25, 0.3) is 0 Å². The van der Waals surface area contributed by atoms with Gasteiger partial charge in [-0.2, -0.15) is 10.2 Å². The van der Waals surface area contributed by atoms with Crippen LogP contribution in [-0.4, -0.2) is 123 Å². The van der Waals surface area contributed by atoms with E-state index in [2.05, 4.69) is 54.7 Å². The number of primary amides is 2. The predicted molar refractivity (Wildman–Crippen MR) is 120 cm³/mol. The molecule has 0 unspecified atom stereocenters. The molecule has 0 saturated carbocycles. The second kappa shape index (κ2) is 13.9. The van der Waals surface area contributed by atoms with Gasteiger partial charge in [0.05, 0.1) is 0 Å². The Kier molecular flexibility index (Phi) is 11.9. The molecule has 1 aliphatic heterocycles. The minimum atomic E-state index is -0.655. The first kappa shape index (κ1) is 25.8. The molecular formula is C18H38N10O2. The summed E-state index contributed by atoms with van der Waals surface area (Å²) in [6.45, 7) is 12.4. The van der Waals surface area contributed by atoms with Gasteiger partial charge in [0, 0.05) is 76.9 Å². The maximum absolute atomic E-state index is 10.8. The van der Waals surface area contributed by atoms with Gasteiger partial charge in [-0.1, -0.05) is 0 Å². The summed E-state index contributed by atoms with van der Waals surface area (Å²) in [5.74, 6) is 0. The molecule has 0 bridgehead atoms. The molecule has 0 spiro atoms. The molecule has 1 aliphatic rings. The van der Waals surface area contributed by atoms with E-state index in [-0.39, 0.29) is 0 Å². The second-order valence-electron chi connectivity index (χ2n) is 7.81. The van der Waals surface area contributed by atoms with E-state index in [0.717, 1.165) is 63.8 Å². The highest BCUT2D eigenvalue weighted by Crippen LogP contribution is 1.99. The summed E-state index contributed by atoms with van der Waals surface area (Å²) in [7, 11) is 4.22. The zero-order valence-electron chi connectivity index (χ0n) is 18.7. The summed E-state index contributed by atoms with van der Waals surface area (Å²) in [6.07, 6.45) is 0. The van der Waals surface area contributed by atoms with Crippen molar-refractivity contribution in [1.29, 1.82) is 0 Å². The Bertz CT molecular complexity index is 542. The smallest absolute Gasteiger partial charge is 0.332 e. The fraction of sp³-hybridized carbons (Fsp3) is 0.778. The number of carbonyl (C=O) groups is 2. The van der Waals surface area contributed by atoms with Gasteiger partial charge in [0.1, 0.15) is 0 Å². The van der Waals surface area contributed by atoms with Gasteiger partial charge in [0.2, 0.25) is 0 Å². The van der Waals surface area contributed by atoms with Gasteiger partial charge in [-0.3, -0.25) is 9.80 Å². The molecule has 4 amide bonds. The third-order valence-corrected chi connectivity index (χ3v) is 4.81. The van der Waals surface area contributed by atoms with Crippen LogP contribution >= 0.6 is 0 Å². The van der Waals surface area contributed by atoms with Crippen molar-refractivity contribution in [3.8, 4) is 0 Å². The number of hydrazone groups is 2. The van der Waals surface area contributed by atoms with Gasteiger partial charge in [-0.05, 0) is 27.9 Å². The van der Waals surface area contributed by atoms with E-state index in [1.165, 1.54) is 0 Å². The van der Waals surface area contributed by atoms with Gasteiger partial charge in [-0.15, -0.1) is 0 Å². The van der Waals surface area contributed by atoms with Crippen LogP contribution in [0.25, 0.3) is 0 Å². The van der Waals surface area contributed by atoms with Crippen molar-refractivity contribution < 1.29 is 9.59 Å². The molecule has 0 radical (unpaired) electrons. The highest BCUT2D eigenvalue weighted by Gasteiger charge is 2.14. The van der Waals surface area contributed by atoms with Gasteiger partial charge < -0.3 is 21.3 Å². The van der Waals surface area contributed by atoms with Crippen LogP contribution in [0.5, 0.6) is 0 Å². The van der Waals surface area contributed by atoms with Gasteiger partial charge in [0.15, 0.2) is 0 Å². The number of urea groups is 2. The van der Waals surface area contributed by atoms with Crippen LogP contribution in [0.2, 0.25) is 0 Å². The van der Waals surface area contributed by atoms with Crippen molar-refractivity contribution in [2.75, 3.05) is 79.5 Å². The fourth-order valence-corrected chi connectivity index (χ4v) is 3.03. The fourth-order valence-electron chi connectivity index (χ4n) is 3.03. The Hall–Kier alpha value is -2.28. The van der Waals surface area contributed by atoms with Crippen LogP contribution in [0.1, 0.15) is 13.8 Å². The highest BCUT2D eigenvalue weighted by molar-refractivity contribution is 5.85. The maximum Gasteiger partial charge on any atom is 0.332 e. The van der Waals surface area contributed by atoms with Gasteiger partial charge in [-0.25, -0.2) is 20.4 Å². The average molecular weight is 427 g/mol. The Morgan fingerprint density at radius 1 is 0.700 bits per heavy atom. The molecule has 172 valence electrons. The first-order valence-electron chi connectivity index (χ1n) is 10.1. The van der Waals surface area contributed by atoms with Crippen molar-refractivity contribution in [2.24, 2.45) is 21.7 Å². The lowest BCUT2D eigenvalue weighted by Crippen LogP contribution is -2.46. The molecule has 0 atom stereocenters. The topological polar surface area (TPSA) is 148 Å². The first-order valence-corrected chi connectivity index (χ1v) is 10.1. The first-order chi connectivity index (χ1) is 14.2. The van der Waals surface area contributed by atoms with Crippen molar-refractivity contribution in [2.45, 2.75) is 13.8 Å². The number of nitrogens with zero attached hydrogens (tertiary/aromatic N) is 6. The number of amides is 4. The molecule has 12 nitrogen and oxygen atoms in total. The molecule has 0 aromatic carbocycles. The van der Waals surface area contributed by atoms with E-state index in [9.17, 15) is 9.59 Å². The number of nitrogens with two attached hydrogens (primary N) is 2. The summed E-state index contributed by atoms with van der Waals surface area (Å²) < 4.78 is 0. The van der Waals surface area contributed by atoms with E-state index >= 15 is 0 Å². The standard InChI is InChI=1S/C18H38N10O2/c1-15(21-23-17(19)29)13-27-9-5-25(3)7-11-28(12-8-26(4)6-10-27)14-16(2)22-24-18(20)30/h5-14H2,1-4H3,(H3,19,23,29)(H3,20,24,30)/b21-15+,22-16+. The molecule has 0 aromatic rings. The Morgan fingerprint density at radius 3 is 1.27 bits per heavy atom. The highest BCUT2D eigenvalue weighted by atomic mass is 16.2. The third kappa shape index (κ3) is 12.3. The average Bonchev–Trinajstić information content (AvgIpc) is 2.67. The van der Waals surface area contributed by atoms with E-state index in [0.29, 0.717) is 13.1 Å². The summed E-state index contributed by atoms with van der Waals surface area (Å²) in [5.41, 5.74) is 16.4. The number of rotatable bonds is 6. The Morgan fingerprint density at radius 2 is 1.00 bits per heavy atom. The van der Waals surface area contributed by atoms with Crippen LogP contribution in [0, 0.1) is 0 Å². The molecule has 30 heavy (non-hydrogen) atoms. The maximum atomic E-state index is 10.8. The van der Waals surface area contributed by atoms with Crippen LogP contribution in [-0.2, 0) is 0 Å². The lowest BCUT2D eigenvalue weighted by Gasteiger charge is -2.32. The zero-order chi connectivity index (χ0) is 22.5. The van der Waals surface area contributed by atoms with Crippen molar-refractivity contribution >= 4 is 23.5 Å². The molecule has 6 N–H and O–H groups in total. The summed E-state index contributed by atoms with van der Waals surface area (Å²) in [6, 6.07) is -1.31. The number of hydrogen-bond donors (Lipinski definition) is 4. The minimum Gasteiger partial charge on any atom is -0.350 e. The molecular weight excluding hydrogens is 388 g/mol. The Balaban J connectivity index is 2.66. The third-order valence-electron chi connectivity index (χ3n) is 4.81. The molecule has 0 aliphatic carbocycles. The molecule has 12 heteroatoms. The van der Waals surface area contributed by atoms with E-state index < -0.39 is 12.1 Å². The van der Waals surface area contributed by atoms with Crippen LogP contribution in [0.3, 0.4) is 0 Å². The minimum absolute atomic E-state index is 0.655. The number of likely N-dealkylation sites (N-methyl/N-ethyl adjacent to an activating group) is 2. The summed E-state index contributed by atoms with van der Waals surface area (Å²) in [5, 5.41) is 8.04. The van der Waals surface area contributed by atoms with Gasteiger partial charge >= 0.3 is 12.1 Å². The number of hydrogen-bond acceptors (Lipinski definition) is 8. The number of nitrogens with one attached hydrogen (secondary N) is 2. The summed E-state index contributed by atoms with van der Waals surface area (Å²) >= 11 is 0. The molecule has 1 fully saturated rings. The van der Waals surface area contributed by atoms with E-state index in [4.69, 9.17) is 11.5 Å². The lowest BCUT2D eigenvalue weighted by molar-refractivity contribution is 0.170. The predicted octanol–water partition coefficient (Wildman–Crippen LogP) is -1.44. The largest absolute Gasteiger partial charge is 0.350 e. The number of carbonyl (C=O) groups excluding carboxylic acids is 2. The van der Waals surface area contributed by atoms with Crippen LogP contribution < -0.4 is 22.3 Å². The van der Waals surface area contributed by atoms with Crippen LogP contribution in [0.15, 0.2) is 10.2 Å². The molecule has 0 aromatic heterocycles. The normalized spacial score (nSPS) is 20.3. The Labute approximate surface area is 179 Å². The monoisotopic (exact) mass is 426 g/mol. The van der Waals surface area contributed by atoms with Crippen molar-refractivity contribution in [1.82, 2.24) is 30.5 Å². The van der Waals surface area contributed by atoms with E-state index in [1.807, 2.05) is 13.8 Å². The van der Waals surface area contributed by atoms with Crippen molar-refractivity contribution in [3.63, 3.8) is 0 Å².